The average molecular weight is 311 g/mol. The molecule has 1 aromatic heterocycles. The third kappa shape index (κ3) is 4.48. The maximum atomic E-state index is 11.9. The van der Waals surface area contributed by atoms with Crippen LogP contribution in [0.15, 0.2) is 18.6 Å². The lowest BCUT2D eigenvalue weighted by atomic mass is 9.82. The van der Waals surface area contributed by atoms with Crippen molar-refractivity contribution in [3.63, 3.8) is 0 Å². The van der Waals surface area contributed by atoms with Crippen LogP contribution in [-0.4, -0.2) is 36.4 Å². The van der Waals surface area contributed by atoms with E-state index in [2.05, 4.69) is 22.2 Å². The highest BCUT2D eigenvalue weighted by molar-refractivity contribution is 7.91. The van der Waals surface area contributed by atoms with Gasteiger partial charge in [0.05, 0.1) is 17.0 Å². The van der Waals surface area contributed by atoms with E-state index in [1.807, 2.05) is 6.07 Å². The molecule has 0 aliphatic heterocycles. The first-order valence-corrected chi connectivity index (χ1v) is 9.66. The van der Waals surface area contributed by atoms with E-state index in [0.717, 1.165) is 44.3 Å². The minimum atomic E-state index is -2.96. The van der Waals surface area contributed by atoms with Gasteiger partial charge in [-0.2, -0.15) is 0 Å². The minimum absolute atomic E-state index is 0.123. The van der Waals surface area contributed by atoms with Crippen molar-refractivity contribution < 1.29 is 8.42 Å². The molecule has 1 N–H and O–H groups in total. The summed E-state index contributed by atoms with van der Waals surface area (Å²) < 4.78 is 23.7. The molecular weight excluding hydrogens is 286 g/mol. The molecule has 0 aromatic carbocycles. The van der Waals surface area contributed by atoms with Crippen molar-refractivity contribution in [3.8, 4) is 0 Å². The van der Waals surface area contributed by atoms with Crippen LogP contribution in [0.4, 0.5) is 0 Å². The van der Waals surface area contributed by atoms with Gasteiger partial charge in [-0.25, -0.2) is 18.4 Å². The highest BCUT2D eigenvalue weighted by Crippen LogP contribution is 2.36. The number of rotatable bonds is 6. The lowest BCUT2D eigenvalue weighted by Gasteiger charge is -2.34. The quantitative estimate of drug-likeness (QED) is 0.871. The molecule has 3 unspecified atom stereocenters. The van der Waals surface area contributed by atoms with Crippen LogP contribution in [0, 0.1) is 5.92 Å². The number of hydrogen-bond acceptors (Lipinski definition) is 5. The Bertz CT molecular complexity index is 533. The second-order valence-corrected chi connectivity index (χ2v) is 8.27. The van der Waals surface area contributed by atoms with Crippen LogP contribution in [0.25, 0.3) is 0 Å². The molecule has 1 fully saturated rings. The molecule has 21 heavy (non-hydrogen) atoms. The maximum Gasteiger partial charge on any atom is 0.150 e. The molecule has 3 atom stereocenters. The Morgan fingerprint density at radius 3 is 2.86 bits per heavy atom. The highest BCUT2D eigenvalue weighted by Gasteiger charge is 2.33. The summed E-state index contributed by atoms with van der Waals surface area (Å²) >= 11 is 0. The van der Waals surface area contributed by atoms with Gasteiger partial charge in [0, 0.05) is 12.5 Å². The molecule has 0 spiro atoms. The Morgan fingerprint density at radius 2 is 2.24 bits per heavy atom. The van der Waals surface area contributed by atoms with Gasteiger partial charge < -0.3 is 5.32 Å². The zero-order chi connectivity index (χ0) is 15.3. The standard InChI is InChI=1S/C15H25N3O2S/c1-3-8-17-15(14-7-9-16-11-18-14)12-5-4-6-13(10-12)21(2,19)20/h7,9,11-13,15,17H,3-6,8,10H2,1-2H3. The highest BCUT2D eigenvalue weighted by atomic mass is 32.2. The van der Waals surface area contributed by atoms with Crippen LogP contribution in [0.3, 0.4) is 0 Å². The van der Waals surface area contributed by atoms with E-state index in [1.54, 1.807) is 12.5 Å². The topological polar surface area (TPSA) is 72.0 Å². The number of aromatic nitrogens is 2. The first kappa shape index (κ1) is 16.4. The smallest absolute Gasteiger partial charge is 0.150 e. The van der Waals surface area contributed by atoms with Crippen molar-refractivity contribution in [2.45, 2.75) is 50.3 Å². The molecule has 0 amide bonds. The lowest BCUT2D eigenvalue weighted by Crippen LogP contribution is -2.36. The van der Waals surface area contributed by atoms with E-state index in [9.17, 15) is 8.42 Å². The molecule has 1 saturated carbocycles. The molecule has 1 aromatic rings. The number of hydrogen-bond donors (Lipinski definition) is 1. The third-order valence-corrected chi connectivity index (χ3v) is 5.92. The molecule has 1 aliphatic rings. The first-order chi connectivity index (χ1) is 10.0. The van der Waals surface area contributed by atoms with Gasteiger partial charge in [0.1, 0.15) is 16.2 Å². The lowest BCUT2D eigenvalue weighted by molar-refractivity contribution is 0.269. The zero-order valence-electron chi connectivity index (χ0n) is 12.8. The third-order valence-electron chi connectivity index (χ3n) is 4.28. The van der Waals surface area contributed by atoms with Gasteiger partial charge in [-0.1, -0.05) is 13.3 Å². The van der Waals surface area contributed by atoms with E-state index < -0.39 is 9.84 Å². The molecule has 5 nitrogen and oxygen atoms in total. The van der Waals surface area contributed by atoms with Crippen LogP contribution in [0.5, 0.6) is 0 Å². The Morgan fingerprint density at radius 1 is 1.43 bits per heavy atom. The minimum Gasteiger partial charge on any atom is -0.308 e. The van der Waals surface area contributed by atoms with E-state index in [4.69, 9.17) is 0 Å². The van der Waals surface area contributed by atoms with Gasteiger partial charge in [-0.05, 0) is 44.2 Å². The second-order valence-electron chi connectivity index (χ2n) is 5.94. The van der Waals surface area contributed by atoms with E-state index in [1.165, 1.54) is 6.26 Å². The molecule has 2 rings (SSSR count). The van der Waals surface area contributed by atoms with Crippen LogP contribution in [0.1, 0.15) is 50.8 Å². The molecule has 118 valence electrons. The van der Waals surface area contributed by atoms with E-state index >= 15 is 0 Å². The summed E-state index contributed by atoms with van der Waals surface area (Å²) in [4.78, 5) is 8.34. The van der Waals surface area contributed by atoms with Gasteiger partial charge in [0.2, 0.25) is 0 Å². The van der Waals surface area contributed by atoms with Gasteiger partial charge in [-0.3, -0.25) is 0 Å². The SMILES string of the molecule is CCCNC(c1ccncn1)C1CCCC(S(C)(=O)=O)C1. The summed E-state index contributed by atoms with van der Waals surface area (Å²) in [5.74, 6) is 0.319. The number of nitrogens with zero attached hydrogens (tertiary/aromatic N) is 2. The molecule has 0 saturated heterocycles. The summed E-state index contributed by atoms with van der Waals surface area (Å²) in [7, 11) is -2.96. The van der Waals surface area contributed by atoms with Crippen molar-refractivity contribution in [2.75, 3.05) is 12.8 Å². The summed E-state index contributed by atoms with van der Waals surface area (Å²) in [6.07, 6.45) is 9.26. The number of nitrogens with one attached hydrogen (secondary N) is 1. The molecule has 1 aliphatic carbocycles. The Balaban J connectivity index is 2.16. The molecule has 0 bridgehead atoms. The fourth-order valence-electron chi connectivity index (χ4n) is 3.17. The first-order valence-electron chi connectivity index (χ1n) is 7.70. The Kier molecular flexibility index (Phi) is 5.70. The molecular formula is C15H25N3O2S. The van der Waals surface area contributed by atoms with Gasteiger partial charge in [0.15, 0.2) is 0 Å². The predicted octanol–water partition coefficient (Wildman–Crippen LogP) is 2.12. The molecule has 1 heterocycles. The van der Waals surface area contributed by atoms with Crippen molar-refractivity contribution >= 4 is 9.84 Å². The molecule has 0 radical (unpaired) electrons. The largest absolute Gasteiger partial charge is 0.308 e. The summed E-state index contributed by atoms with van der Waals surface area (Å²) in [6.45, 7) is 3.04. The van der Waals surface area contributed by atoms with Crippen molar-refractivity contribution in [1.82, 2.24) is 15.3 Å². The van der Waals surface area contributed by atoms with E-state index in [0.29, 0.717) is 5.92 Å². The predicted molar refractivity (Wildman–Crippen MR) is 83.7 cm³/mol. The molecule has 6 heteroatoms. The Labute approximate surface area is 127 Å². The van der Waals surface area contributed by atoms with Gasteiger partial charge in [0.25, 0.3) is 0 Å². The summed E-state index contributed by atoms with van der Waals surface area (Å²) in [6, 6.07) is 2.05. The van der Waals surface area contributed by atoms with Crippen molar-refractivity contribution in [2.24, 2.45) is 5.92 Å². The van der Waals surface area contributed by atoms with Gasteiger partial charge in [-0.15, -0.1) is 0 Å². The normalized spacial score (nSPS) is 24.7. The van der Waals surface area contributed by atoms with Crippen LogP contribution >= 0.6 is 0 Å². The van der Waals surface area contributed by atoms with Crippen molar-refractivity contribution in [3.05, 3.63) is 24.3 Å². The van der Waals surface area contributed by atoms with Crippen LogP contribution in [-0.2, 0) is 9.84 Å². The summed E-state index contributed by atoms with van der Waals surface area (Å²) in [5.41, 5.74) is 0.970. The average Bonchev–Trinajstić information content (AvgIpc) is 2.48. The Hall–Kier alpha value is -1.01. The second kappa shape index (κ2) is 7.31. The monoisotopic (exact) mass is 311 g/mol. The fourth-order valence-corrected chi connectivity index (χ4v) is 4.36. The fraction of sp³-hybridized carbons (Fsp3) is 0.733. The maximum absolute atomic E-state index is 11.9. The zero-order valence-corrected chi connectivity index (χ0v) is 13.6. The number of sulfone groups is 1. The van der Waals surface area contributed by atoms with Crippen LogP contribution < -0.4 is 5.32 Å². The van der Waals surface area contributed by atoms with Crippen LogP contribution in [0.2, 0.25) is 0 Å². The van der Waals surface area contributed by atoms with Crippen molar-refractivity contribution in [1.29, 1.82) is 0 Å². The van der Waals surface area contributed by atoms with E-state index in [-0.39, 0.29) is 11.3 Å². The summed E-state index contributed by atoms with van der Waals surface area (Å²) in [5, 5.41) is 3.34. The van der Waals surface area contributed by atoms with Gasteiger partial charge >= 0.3 is 0 Å².